The lowest BCUT2D eigenvalue weighted by atomic mass is 10.3. The summed E-state index contributed by atoms with van der Waals surface area (Å²) in [6.45, 7) is 6.93. The summed E-state index contributed by atoms with van der Waals surface area (Å²) in [4.78, 5) is 0. The van der Waals surface area contributed by atoms with Crippen LogP contribution >= 0.6 is 0 Å². The highest BCUT2D eigenvalue weighted by molar-refractivity contribution is 7.10. The minimum Gasteiger partial charge on any atom is -0.446 e. The van der Waals surface area contributed by atoms with Crippen molar-refractivity contribution in [2.45, 2.75) is 26.1 Å². The van der Waals surface area contributed by atoms with Crippen molar-refractivity contribution in [1.82, 2.24) is 0 Å². The van der Waals surface area contributed by atoms with Crippen LogP contribution in [0.15, 0.2) is 91.0 Å². The van der Waals surface area contributed by atoms with Crippen molar-refractivity contribution >= 4 is 32.2 Å². The standard InChI is InChI=1S/C22H26OSi2/c1-4-24(2,3)23-25(20-14-8-5-9-15-20,21-16-10-6-11-17-21)22-18-12-7-13-19-22/h5-19H,4H2,1-3H3. The fourth-order valence-electron chi connectivity index (χ4n) is 3.18. The third-order valence-electron chi connectivity index (χ3n) is 4.82. The summed E-state index contributed by atoms with van der Waals surface area (Å²) in [6.07, 6.45) is 0. The average molecular weight is 363 g/mol. The number of rotatable bonds is 6. The zero-order valence-corrected chi connectivity index (χ0v) is 17.3. The highest BCUT2D eigenvalue weighted by Gasteiger charge is 2.45. The molecule has 3 aromatic carbocycles. The SMILES string of the molecule is CC[Si](C)(C)O[Si](c1ccccc1)(c1ccccc1)c1ccccc1. The van der Waals surface area contributed by atoms with Gasteiger partial charge in [-0.15, -0.1) is 0 Å². The minimum absolute atomic E-state index is 1.11. The molecule has 0 fully saturated rings. The van der Waals surface area contributed by atoms with Crippen LogP contribution in [0.25, 0.3) is 0 Å². The van der Waals surface area contributed by atoms with Crippen LogP contribution in [0.4, 0.5) is 0 Å². The summed E-state index contributed by atoms with van der Waals surface area (Å²) in [7, 11) is -4.32. The molecule has 0 saturated carbocycles. The Balaban J connectivity index is 2.32. The Labute approximate surface area is 153 Å². The van der Waals surface area contributed by atoms with Crippen LogP contribution < -0.4 is 15.6 Å². The molecule has 0 aliphatic carbocycles. The molecule has 1 nitrogen and oxygen atoms in total. The molecule has 25 heavy (non-hydrogen) atoms. The van der Waals surface area contributed by atoms with Gasteiger partial charge in [-0.05, 0) is 34.7 Å². The van der Waals surface area contributed by atoms with Gasteiger partial charge in [0.1, 0.15) is 0 Å². The first-order chi connectivity index (χ1) is 12.1. The lowest BCUT2D eigenvalue weighted by Crippen LogP contribution is -2.72. The molecule has 3 rings (SSSR count). The maximum atomic E-state index is 7.21. The quantitative estimate of drug-likeness (QED) is 0.477. The zero-order valence-electron chi connectivity index (χ0n) is 15.3. The van der Waals surface area contributed by atoms with E-state index in [2.05, 4.69) is 111 Å². The molecule has 128 valence electrons. The van der Waals surface area contributed by atoms with Crippen molar-refractivity contribution in [3.8, 4) is 0 Å². The molecule has 0 saturated heterocycles. The van der Waals surface area contributed by atoms with Gasteiger partial charge in [-0.2, -0.15) is 0 Å². The van der Waals surface area contributed by atoms with Crippen molar-refractivity contribution in [2.24, 2.45) is 0 Å². The molecular formula is C22H26OSi2. The van der Waals surface area contributed by atoms with E-state index < -0.39 is 16.6 Å². The molecular weight excluding hydrogens is 336 g/mol. The lowest BCUT2D eigenvalue weighted by Gasteiger charge is -2.39. The maximum Gasteiger partial charge on any atom is 0.278 e. The van der Waals surface area contributed by atoms with Crippen LogP contribution in [0.5, 0.6) is 0 Å². The van der Waals surface area contributed by atoms with Crippen molar-refractivity contribution in [2.75, 3.05) is 0 Å². The second-order valence-corrected chi connectivity index (χ2v) is 15.1. The largest absolute Gasteiger partial charge is 0.446 e. The lowest BCUT2D eigenvalue weighted by molar-refractivity contribution is 0.570. The average Bonchev–Trinajstić information content (AvgIpc) is 2.68. The Bertz CT molecular complexity index is 689. The van der Waals surface area contributed by atoms with Gasteiger partial charge < -0.3 is 4.12 Å². The molecule has 0 radical (unpaired) electrons. The number of benzene rings is 3. The molecule has 0 heterocycles. The molecule has 0 amide bonds. The van der Waals surface area contributed by atoms with E-state index in [0.717, 1.165) is 6.04 Å². The number of hydrogen-bond acceptors (Lipinski definition) is 1. The van der Waals surface area contributed by atoms with Gasteiger partial charge in [0.05, 0.1) is 0 Å². The van der Waals surface area contributed by atoms with Gasteiger partial charge in [-0.1, -0.05) is 97.9 Å². The third kappa shape index (κ3) is 3.69. The highest BCUT2D eigenvalue weighted by atomic mass is 28.4. The summed E-state index contributed by atoms with van der Waals surface area (Å²) >= 11 is 0. The van der Waals surface area contributed by atoms with Crippen molar-refractivity contribution < 1.29 is 4.12 Å². The molecule has 0 spiro atoms. The fraction of sp³-hybridized carbons (Fsp3) is 0.182. The first-order valence-electron chi connectivity index (χ1n) is 8.95. The molecule has 0 N–H and O–H groups in total. The Kier molecular flexibility index (Phi) is 5.37. The van der Waals surface area contributed by atoms with Crippen LogP contribution in [0.1, 0.15) is 6.92 Å². The van der Waals surface area contributed by atoms with E-state index in [-0.39, 0.29) is 0 Å². The Hall–Kier alpha value is -1.95. The van der Waals surface area contributed by atoms with Gasteiger partial charge in [0.2, 0.25) is 0 Å². The van der Waals surface area contributed by atoms with E-state index >= 15 is 0 Å². The van der Waals surface area contributed by atoms with Gasteiger partial charge in [0.15, 0.2) is 8.32 Å². The van der Waals surface area contributed by atoms with E-state index in [1.807, 2.05) is 0 Å². The fourth-order valence-corrected chi connectivity index (χ4v) is 11.5. The molecule has 0 unspecified atom stereocenters. The minimum atomic E-state index is -2.52. The van der Waals surface area contributed by atoms with Crippen LogP contribution in [-0.4, -0.2) is 16.6 Å². The van der Waals surface area contributed by atoms with Crippen LogP contribution in [0, 0.1) is 0 Å². The maximum absolute atomic E-state index is 7.21. The summed E-state index contributed by atoms with van der Waals surface area (Å²) in [6, 6.07) is 33.6. The highest BCUT2D eigenvalue weighted by Crippen LogP contribution is 2.19. The molecule has 3 heteroatoms. The first kappa shape index (κ1) is 17.9. The topological polar surface area (TPSA) is 9.23 Å². The van der Waals surface area contributed by atoms with Gasteiger partial charge in [-0.25, -0.2) is 0 Å². The van der Waals surface area contributed by atoms with Crippen LogP contribution in [-0.2, 0) is 4.12 Å². The summed E-state index contributed by atoms with van der Waals surface area (Å²) < 4.78 is 7.21. The molecule has 3 aromatic rings. The molecule has 0 aromatic heterocycles. The van der Waals surface area contributed by atoms with Gasteiger partial charge >= 0.3 is 0 Å². The van der Waals surface area contributed by atoms with Crippen LogP contribution in [0.2, 0.25) is 19.1 Å². The van der Waals surface area contributed by atoms with Gasteiger partial charge in [-0.3, -0.25) is 0 Å². The van der Waals surface area contributed by atoms with E-state index in [9.17, 15) is 0 Å². The normalized spacial score (nSPS) is 12.1. The Morgan fingerprint density at radius 2 is 0.920 bits per heavy atom. The second kappa shape index (κ2) is 7.52. The molecule has 0 aliphatic heterocycles. The van der Waals surface area contributed by atoms with E-state index in [1.165, 1.54) is 15.6 Å². The second-order valence-electron chi connectivity index (χ2n) is 6.99. The predicted octanol–water partition coefficient (Wildman–Crippen LogP) is 3.90. The van der Waals surface area contributed by atoms with E-state index in [1.54, 1.807) is 0 Å². The van der Waals surface area contributed by atoms with Crippen molar-refractivity contribution in [1.29, 1.82) is 0 Å². The van der Waals surface area contributed by atoms with Crippen molar-refractivity contribution in [3.63, 3.8) is 0 Å². The predicted molar refractivity (Wildman–Crippen MR) is 113 cm³/mol. The molecule has 0 atom stereocenters. The van der Waals surface area contributed by atoms with Gasteiger partial charge in [0, 0.05) is 0 Å². The van der Waals surface area contributed by atoms with E-state index in [0.29, 0.717) is 0 Å². The van der Waals surface area contributed by atoms with Crippen LogP contribution in [0.3, 0.4) is 0 Å². The molecule has 0 aliphatic rings. The first-order valence-corrected chi connectivity index (χ1v) is 14.0. The monoisotopic (exact) mass is 362 g/mol. The smallest absolute Gasteiger partial charge is 0.278 e. The van der Waals surface area contributed by atoms with E-state index in [4.69, 9.17) is 4.12 Å². The number of hydrogen-bond donors (Lipinski definition) is 0. The summed E-state index contributed by atoms with van der Waals surface area (Å²) in [5, 5.41) is 3.96. The van der Waals surface area contributed by atoms with Gasteiger partial charge in [0.25, 0.3) is 8.32 Å². The van der Waals surface area contributed by atoms with Crippen molar-refractivity contribution in [3.05, 3.63) is 91.0 Å². The summed E-state index contributed by atoms with van der Waals surface area (Å²) in [5.74, 6) is 0. The summed E-state index contributed by atoms with van der Waals surface area (Å²) in [5.41, 5.74) is 0. The third-order valence-corrected chi connectivity index (χ3v) is 13.4. The molecule has 0 bridgehead atoms. The zero-order chi connectivity index (χ0) is 17.8. The Morgan fingerprint density at radius 3 is 1.20 bits per heavy atom. The Morgan fingerprint density at radius 1 is 0.600 bits per heavy atom.